The maximum atomic E-state index is 6.37. The molecule has 7 rings (SSSR count). The number of rotatable bonds is 7. The van der Waals surface area contributed by atoms with Gasteiger partial charge in [-0.2, -0.15) is 17.2 Å². The molecule has 0 amide bonds. The van der Waals surface area contributed by atoms with E-state index in [1.54, 1.807) is 0 Å². The van der Waals surface area contributed by atoms with E-state index in [0.717, 1.165) is 44.4 Å². The molecule has 226 valence electrons. The van der Waals surface area contributed by atoms with Crippen LogP contribution in [0.2, 0.25) is 0 Å². The van der Waals surface area contributed by atoms with Gasteiger partial charge in [0.1, 0.15) is 5.82 Å². The largest absolute Gasteiger partial charge is 2.00 e. The number of fused-ring (bicyclic) bond motifs is 3. The molecule has 0 aliphatic rings. The molecule has 0 bridgehead atoms. The first-order valence-electron chi connectivity index (χ1n) is 15.1. The van der Waals surface area contributed by atoms with Crippen molar-refractivity contribution in [2.75, 3.05) is 0 Å². The van der Waals surface area contributed by atoms with Crippen LogP contribution in [-0.4, -0.2) is 19.3 Å². The van der Waals surface area contributed by atoms with Crippen molar-refractivity contribution in [2.45, 2.75) is 46.5 Å². The molecule has 5 nitrogen and oxygen atoms in total. The molecular formula is C39H34N4OPt. The van der Waals surface area contributed by atoms with Gasteiger partial charge in [0, 0.05) is 35.0 Å². The van der Waals surface area contributed by atoms with Crippen LogP contribution in [0, 0.1) is 19.1 Å². The summed E-state index contributed by atoms with van der Waals surface area (Å²) in [5.74, 6) is 2.87. The zero-order valence-electron chi connectivity index (χ0n) is 26.0. The third-order valence-electron chi connectivity index (χ3n) is 8.15. The zero-order valence-corrected chi connectivity index (χ0v) is 28.3. The quantitative estimate of drug-likeness (QED) is 0.152. The van der Waals surface area contributed by atoms with Gasteiger partial charge >= 0.3 is 21.1 Å². The summed E-state index contributed by atoms with van der Waals surface area (Å²) in [5, 5.41) is 6.99. The van der Waals surface area contributed by atoms with Crippen LogP contribution in [0.1, 0.15) is 56.2 Å². The molecule has 3 aromatic heterocycles. The average molecular weight is 770 g/mol. The number of nitrogens with zero attached hydrogens (tertiary/aromatic N) is 4. The molecule has 0 saturated carbocycles. The van der Waals surface area contributed by atoms with Crippen LogP contribution in [0.3, 0.4) is 0 Å². The fraction of sp³-hybridized carbons (Fsp3) is 0.179. The molecular weight excluding hydrogens is 736 g/mol. The summed E-state index contributed by atoms with van der Waals surface area (Å²) in [4.78, 5) is 4.68. The molecule has 4 aromatic carbocycles. The van der Waals surface area contributed by atoms with E-state index in [1.807, 2.05) is 47.4 Å². The van der Waals surface area contributed by atoms with E-state index in [9.17, 15) is 0 Å². The number of aryl methyl sites for hydroxylation is 1. The Morgan fingerprint density at radius 3 is 2.24 bits per heavy atom. The second kappa shape index (κ2) is 12.5. The summed E-state index contributed by atoms with van der Waals surface area (Å²) in [6.45, 7) is 11.1. The third-order valence-corrected chi connectivity index (χ3v) is 8.15. The summed E-state index contributed by atoms with van der Waals surface area (Å²) in [5.41, 5.74) is 9.00. The van der Waals surface area contributed by atoms with E-state index in [1.165, 1.54) is 16.7 Å². The Bertz CT molecular complexity index is 2110. The van der Waals surface area contributed by atoms with E-state index in [4.69, 9.17) is 9.84 Å². The molecule has 3 heterocycles. The normalized spacial score (nSPS) is 11.4. The van der Waals surface area contributed by atoms with Gasteiger partial charge in [-0.1, -0.05) is 69.6 Å². The number of aromatic nitrogens is 4. The van der Waals surface area contributed by atoms with Crippen molar-refractivity contribution < 1.29 is 25.8 Å². The Morgan fingerprint density at radius 1 is 0.756 bits per heavy atom. The minimum atomic E-state index is 0. The minimum Gasteiger partial charge on any atom is -0.509 e. The Hall–Kier alpha value is -4.47. The SMILES string of the molecule is Cc1ccnc(-n2c3[c-]c(Oc4[c-]c(-n5cc(-c6c(C(C)C)cccc6C(C)C)cn5)ccc4)ccc3c3ccccc32)c1.[Pt+2]. The Kier molecular flexibility index (Phi) is 8.48. The number of hydrogen-bond acceptors (Lipinski definition) is 3. The average Bonchev–Trinajstić information content (AvgIpc) is 3.64. The summed E-state index contributed by atoms with van der Waals surface area (Å²) < 4.78 is 10.4. The first-order chi connectivity index (χ1) is 21.4. The zero-order chi connectivity index (χ0) is 30.4. The monoisotopic (exact) mass is 769 g/mol. The summed E-state index contributed by atoms with van der Waals surface area (Å²) >= 11 is 0. The van der Waals surface area contributed by atoms with Gasteiger partial charge in [-0.05, 0) is 70.3 Å². The van der Waals surface area contributed by atoms with Crippen molar-refractivity contribution in [3.63, 3.8) is 0 Å². The standard InChI is InChI=1S/C39H34N4O.Pt/c1-25(2)32-13-9-14-33(26(3)4)39(32)28-23-41-42(24-28)29-10-8-11-30(21-29)44-31-16-17-35-34-12-6-7-15-36(34)43(37(35)22-31)38-20-27(5)18-19-40-38;/h6-20,23-26H,1-5H3;/q-2;+2. The van der Waals surface area contributed by atoms with Crippen molar-refractivity contribution in [1.29, 1.82) is 0 Å². The summed E-state index contributed by atoms with van der Waals surface area (Å²) in [6, 6.07) is 36.0. The smallest absolute Gasteiger partial charge is 0.509 e. The van der Waals surface area contributed by atoms with Gasteiger partial charge in [0.25, 0.3) is 0 Å². The summed E-state index contributed by atoms with van der Waals surface area (Å²) in [7, 11) is 0. The van der Waals surface area contributed by atoms with E-state index >= 15 is 0 Å². The summed E-state index contributed by atoms with van der Waals surface area (Å²) in [6.07, 6.45) is 5.89. The van der Waals surface area contributed by atoms with Crippen LogP contribution >= 0.6 is 0 Å². The fourth-order valence-corrected chi connectivity index (χ4v) is 6.03. The molecule has 0 atom stereocenters. The van der Waals surface area contributed by atoms with Gasteiger partial charge in [0.05, 0.1) is 6.20 Å². The number of para-hydroxylation sites is 1. The van der Waals surface area contributed by atoms with Crippen molar-refractivity contribution in [2.24, 2.45) is 0 Å². The van der Waals surface area contributed by atoms with Crippen LogP contribution in [0.4, 0.5) is 0 Å². The molecule has 0 saturated heterocycles. The second-order valence-electron chi connectivity index (χ2n) is 11.9. The number of hydrogen-bond donors (Lipinski definition) is 0. The molecule has 0 spiro atoms. The molecule has 0 unspecified atom stereocenters. The van der Waals surface area contributed by atoms with Crippen LogP contribution < -0.4 is 4.74 Å². The van der Waals surface area contributed by atoms with Gasteiger partial charge in [-0.3, -0.25) is 4.68 Å². The first kappa shape index (κ1) is 30.6. The molecule has 0 radical (unpaired) electrons. The Balaban J connectivity index is 0.00000357. The van der Waals surface area contributed by atoms with Gasteiger partial charge in [0.15, 0.2) is 0 Å². The van der Waals surface area contributed by atoms with Gasteiger partial charge in [-0.25, -0.2) is 4.98 Å². The van der Waals surface area contributed by atoms with Crippen molar-refractivity contribution in [3.8, 4) is 34.1 Å². The number of ether oxygens (including phenoxy) is 1. The van der Waals surface area contributed by atoms with Gasteiger partial charge in [0.2, 0.25) is 0 Å². The van der Waals surface area contributed by atoms with Crippen molar-refractivity contribution >= 4 is 21.8 Å². The molecule has 0 N–H and O–H groups in total. The van der Waals surface area contributed by atoms with Crippen LogP contribution in [0.25, 0.3) is 44.4 Å². The molecule has 0 aliphatic carbocycles. The van der Waals surface area contributed by atoms with Crippen molar-refractivity contribution in [1.82, 2.24) is 19.3 Å². The Morgan fingerprint density at radius 2 is 1.49 bits per heavy atom. The minimum absolute atomic E-state index is 0. The number of benzene rings is 4. The Labute approximate surface area is 278 Å². The van der Waals surface area contributed by atoms with Crippen molar-refractivity contribution in [3.05, 3.63) is 132 Å². The second-order valence-corrected chi connectivity index (χ2v) is 11.9. The molecule has 6 heteroatoms. The van der Waals surface area contributed by atoms with Gasteiger partial charge < -0.3 is 9.30 Å². The van der Waals surface area contributed by atoms with E-state index in [-0.39, 0.29) is 21.1 Å². The maximum absolute atomic E-state index is 6.37. The molecule has 7 aromatic rings. The van der Waals surface area contributed by atoms with Crippen LogP contribution in [0.5, 0.6) is 11.5 Å². The predicted octanol–water partition coefficient (Wildman–Crippen LogP) is 9.98. The van der Waals surface area contributed by atoms with E-state index < -0.39 is 0 Å². The third kappa shape index (κ3) is 5.73. The predicted molar refractivity (Wildman–Crippen MR) is 178 cm³/mol. The van der Waals surface area contributed by atoms with Crippen LogP contribution in [0.15, 0.2) is 104 Å². The molecule has 0 aliphatic heterocycles. The number of pyridine rings is 1. The molecule has 0 fully saturated rings. The fourth-order valence-electron chi connectivity index (χ4n) is 6.03. The maximum Gasteiger partial charge on any atom is 2.00 e. The first-order valence-corrected chi connectivity index (χ1v) is 15.1. The van der Waals surface area contributed by atoms with Crippen LogP contribution in [-0.2, 0) is 21.1 Å². The topological polar surface area (TPSA) is 44.9 Å². The van der Waals surface area contributed by atoms with Gasteiger partial charge in [-0.15, -0.1) is 35.7 Å². The molecule has 45 heavy (non-hydrogen) atoms. The van der Waals surface area contributed by atoms with E-state index in [2.05, 4.69) is 117 Å². The van der Waals surface area contributed by atoms with E-state index in [0.29, 0.717) is 23.3 Å².